The van der Waals surface area contributed by atoms with Gasteiger partial charge in [0.15, 0.2) is 5.16 Å². The first kappa shape index (κ1) is 10.1. The van der Waals surface area contributed by atoms with Gasteiger partial charge in [-0.05, 0) is 13.8 Å². The number of hydrogen-bond acceptors (Lipinski definition) is 3. The Labute approximate surface area is 81.0 Å². The van der Waals surface area contributed by atoms with Crippen molar-refractivity contribution in [1.82, 2.24) is 9.55 Å². The van der Waals surface area contributed by atoms with E-state index in [2.05, 4.69) is 4.98 Å². The predicted octanol–water partition coefficient (Wildman–Crippen LogP) is 1.21. The maximum atomic E-state index is 10.3. The summed E-state index contributed by atoms with van der Waals surface area (Å²) in [6, 6.07) is 0. The molecule has 5 heteroatoms. The zero-order valence-corrected chi connectivity index (χ0v) is 8.68. The van der Waals surface area contributed by atoms with Gasteiger partial charge in [0.25, 0.3) is 0 Å². The lowest BCUT2D eigenvalue weighted by atomic mass is 10.4. The summed E-state index contributed by atoms with van der Waals surface area (Å²) in [7, 11) is 1.89. The van der Waals surface area contributed by atoms with Crippen LogP contribution in [0.1, 0.15) is 11.4 Å². The molecule has 13 heavy (non-hydrogen) atoms. The van der Waals surface area contributed by atoms with Crippen molar-refractivity contribution in [2.24, 2.45) is 7.05 Å². The van der Waals surface area contributed by atoms with E-state index >= 15 is 0 Å². The topological polar surface area (TPSA) is 55.1 Å². The number of carboxylic acid groups (broad SMARTS) is 1. The van der Waals surface area contributed by atoms with Gasteiger partial charge in [-0.25, -0.2) is 4.98 Å². The number of rotatable bonds is 3. The minimum atomic E-state index is -0.816. The summed E-state index contributed by atoms with van der Waals surface area (Å²) in [6.45, 7) is 3.88. The van der Waals surface area contributed by atoms with E-state index in [-0.39, 0.29) is 5.75 Å². The maximum absolute atomic E-state index is 10.3. The third-order valence-corrected chi connectivity index (χ3v) is 2.92. The van der Waals surface area contributed by atoms with Crippen molar-refractivity contribution >= 4 is 17.7 Å². The average Bonchev–Trinajstić information content (AvgIpc) is 2.29. The molecule has 0 atom stereocenters. The van der Waals surface area contributed by atoms with Crippen LogP contribution in [0.3, 0.4) is 0 Å². The number of imidazole rings is 1. The molecule has 0 bridgehead atoms. The minimum Gasteiger partial charge on any atom is -0.481 e. The fraction of sp³-hybridized carbons (Fsp3) is 0.500. The van der Waals surface area contributed by atoms with E-state index in [1.54, 1.807) is 0 Å². The third-order valence-electron chi connectivity index (χ3n) is 1.90. The van der Waals surface area contributed by atoms with Crippen LogP contribution in [0.15, 0.2) is 5.16 Å². The summed E-state index contributed by atoms with van der Waals surface area (Å²) in [5, 5.41) is 9.25. The van der Waals surface area contributed by atoms with Gasteiger partial charge in [-0.1, -0.05) is 11.8 Å². The number of aliphatic carboxylic acids is 1. The zero-order chi connectivity index (χ0) is 10.0. The molecular weight excluding hydrogens is 188 g/mol. The van der Waals surface area contributed by atoms with Crippen LogP contribution in [-0.2, 0) is 11.8 Å². The molecular formula is C8H12N2O2S. The fourth-order valence-corrected chi connectivity index (χ4v) is 1.73. The molecule has 0 aliphatic carbocycles. The number of carboxylic acids is 1. The highest BCUT2D eigenvalue weighted by Crippen LogP contribution is 2.18. The van der Waals surface area contributed by atoms with Gasteiger partial charge in [0.05, 0.1) is 11.4 Å². The van der Waals surface area contributed by atoms with Crippen LogP contribution in [0.5, 0.6) is 0 Å². The van der Waals surface area contributed by atoms with Crippen molar-refractivity contribution in [2.45, 2.75) is 19.0 Å². The largest absolute Gasteiger partial charge is 0.481 e. The zero-order valence-electron chi connectivity index (χ0n) is 7.87. The first-order valence-corrected chi connectivity index (χ1v) is 4.85. The van der Waals surface area contributed by atoms with Gasteiger partial charge in [0.2, 0.25) is 0 Å². The maximum Gasteiger partial charge on any atom is 0.313 e. The first-order valence-electron chi connectivity index (χ1n) is 3.87. The van der Waals surface area contributed by atoms with E-state index in [1.165, 1.54) is 11.8 Å². The van der Waals surface area contributed by atoms with Crippen molar-refractivity contribution < 1.29 is 9.90 Å². The summed E-state index contributed by atoms with van der Waals surface area (Å²) in [6.07, 6.45) is 0. The molecule has 0 fully saturated rings. The molecule has 0 saturated carbocycles. The molecule has 1 N–H and O–H groups in total. The van der Waals surface area contributed by atoms with E-state index in [9.17, 15) is 4.79 Å². The van der Waals surface area contributed by atoms with Crippen LogP contribution in [0.25, 0.3) is 0 Å². The van der Waals surface area contributed by atoms with Crippen LogP contribution in [0.4, 0.5) is 0 Å². The molecule has 0 aliphatic heterocycles. The summed E-state index contributed by atoms with van der Waals surface area (Å²) in [4.78, 5) is 14.6. The number of carbonyl (C=O) groups is 1. The Bertz CT molecular complexity index is 333. The van der Waals surface area contributed by atoms with Gasteiger partial charge in [0.1, 0.15) is 0 Å². The second-order valence-electron chi connectivity index (χ2n) is 2.81. The predicted molar refractivity (Wildman–Crippen MR) is 51.0 cm³/mol. The Morgan fingerprint density at radius 2 is 2.23 bits per heavy atom. The number of hydrogen-bond donors (Lipinski definition) is 1. The molecule has 0 aromatic carbocycles. The van der Waals surface area contributed by atoms with Gasteiger partial charge in [-0.15, -0.1) is 0 Å². The molecule has 0 unspecified atom stereocenters. The minimum absolute atomic E-state index is 0.0593. The van der Waals surface area contributed by atoms with Gasteiger partial charge >= 0.3 is 5.97 Å². The Morgan fingerprint density at radius 1 is 1.62 bits per heavy atom. The lowest BCUT2D eigenvalue weighted by Gasteiger charge is -1.99. The molecule has 1 aromatic heterocycles. The highest BCUT2D eigenvalue weighted by Gasteiger charge is 2.09. The molecule has 0 spiro atoms. The summed E-state index contributed by atoms with van der Waals surface area (Å²) in [5.74, 6) is -0.757. The molecule has 0 aliphatic rings. The summed E-state index contributed by atoms with van der Waals surface area (Å²) in [5.41, 5.74) is 2.03. The van der Waals surface area contributed by atoms with E-state index in [0.29, 0.717) is 0 Å². The first-order chi connectivity index (χ1) is 6.02. The monoisotopic (exact) mass is 200 g/mol. The van der Waals surface area contributed by atoms with Crippen molar-refractivity contribution in [3.05, 3.63) is 11.4 Å². The van der Waals surface area contributed by atoms with E-state index in [0.717, 1.165) is 16.5 Å². The van der Waals surface area contributed by atoms with Crippen LogP contribution in [-0.4, -0.2) is 26.4 Å². The highest BCUT2D eigenvalue weighted by atomic mass is 32.2. The van der Waals surface area contributed by atoms with E-state index in [4.69, 9.17) is 5.11 Å². The van der Waals surface area contributed by atoms with Crippen molar-refractivity contribution in [3.63, 3.8) is 0 Å². The number of nitrogens with zero attached hydrogens (tertiary/aromatic N) is 2. The second kappa shape index (κ2) is 3.83. The average molecular weight is 200 g/mol. The van der Waals surface area contributed by atoms with Crippen molar-refractivity contribution in [2.75, 3.05) is 5.75 Å². The lowest BCUT2D eigenvalue weighted by molar-refractivity contribution is -0.133. The van der Waals surface area contributed by atoms with Crippen molar-refractivity contribution in [1.29, 1.82) is 0 Å². The fourth-order valence-electron chi connectivity index (χ4n) is 0.941. The van der Waals surface area contributed by atoms with Gasteiger partial charge in [-0.2, -0.15) is 0 Å². The summed E-state index contributed by atoms with van der Waals surface area (Å²) >= 11 is 1.24. The van der Waals surface area contributed by atoms with Crippen LogP contribution < -0.4 is 0 Å². The highest BCUT2D eigenvalue weighted by molar-refractivity contribution is 7.99. The van der Waals surface area contributed by atoms with Crippen LogP contribution >= 0.6 is 11.8 Å². The summed E-state index contributed by atoms with van der Waals surface area (Å²) < 4.78 is 1.91. The molecule has 0 radical (unpaired) electrons. The van der Waals surface area contributed by atoms with Crippen molar-refractivity contribution in [3.8, 4) is 0 Å². The van der Waals surface area contributed by atoms with Gasteiger partial charge < -0.3 is 9.67 Å². The molecule has 1 aromatic rings. The Morgan fingerprint density at radius 3 is 2.62 bits per heavy atom. The molecule has 4 nitrogen and oxygen atoms in total. The van der Waals surface area contributed by atoms with Gasteiger partial charge in [-0.3, -0.25) is 4.79 Å². The Hall–Kier alpha value is -0.970. The molecule has 0 amide bonds. The standard InChI is InChI=1S/C8H12N2O2S/c1-5-6(2)10(3)8(9-5)13-4-7(11)12/h4H2,1-3H3,(H,11,12). The number of aromatic nitrogens is 2. The lowest BCUT2D eigenvalue weighted by Crippen LogP contribution is -2.00. The Kier molecular flexibility index (Phi) is 2.98. The van der Waals surface area contributed by atoms with Crippen LogP contribution in [0, 0.1) is 13.8 Å². The smallest absolute Gasteiger partial charge is 0.313 e. The molecule has 1 rings (SSSR count). The molecule has 72 valence electrons. The number of aryl methyl sites for hydroxylation is 1. The quantitative estimate of drug-likeness (QED) is 0.745. The molecule has 0 saturated heterocycles. The van der Waals surface area contributed by atoms with E-state index in [1.807, 2.05) is 25.5 Å². The second-order valence-corrected chi connectivity index (χ2v) is 3.75. The molecule has 1 heterocycles. The van der Waals surface area contributed by atoms with E-state index < -0.39 is 5.97 Å². The van der Waals surface area contributed by atoms with Crippen LogP contribution in [0.2, 0.25) is 0 Å². The SMILES string of the molecule is Cc1nc(SCC(=O)O)n(C)c1C. The normalized spacial score (nSPS) is 10.4. The Balaban J connectivity index is 2.78. The van der Waals surface area contributed by atoms with Gasteiger partial charge in [0, 0.05) is 12.7 Å². The third kappa shape index (κ3) is 2.24. The number of thioether (sulfide) groups is 1.